The van der Waals surface area contributed by atoms with Crippen LogP contribution in [0.2, 0.25) is 0 Å². The molecule has 20 heavy (non-hydrogen) atoms. The van der Waals surface area contributed by atoms with Crippen molar-refractivity contribution < 1.29 is 0 Å². The predicted octanol–water partition coefficient (Wildman–Crippen LogP) is 2.85. The zero-order valence-electron chi connectivity index (χ0n) is 11.9. The van der Waals surface area contributed by atoms with Crippen molar-refractivity contribution in [2.45, 2.75) is 27.2 Å². The monoisotopic (exact) mass is 267 g/mol. The Balaban J connectivity index is 2.48. The van der Waals surface area contributed by atoms with Crippen molar-refractivity contribution in [2.24, 2.45) is 0 Å². The molecular formula is C15H17N5. The average molecular weight is 267 g/mol. The van der Waals surface area contributed by atoms with Crippen LogP contribution in [0.25, 0.3) is 0 Å². The molecule has 1 heterocycles. The van der Waals surface area contributed by atoms with Gasteiger partial charge in [-0.25, -0.2) is 9.97 Å². The second-order valence-corrected chi connectivity index (χ2v) is 4.59. The van der Waals surface area contributed by atoms with Crippen molar-refractivity contribution in [3.8, 4) is 6.07 Å². The normalized spacial score (nSPS) is 10.1. The van der Waals surface area contributed by atoms with Crippen molar-refractivity contribution in [3.05, 3.63) is 40.7 Å². The van der Waals surface area contributed by atoms with Crippen molar-refractivity contribution >= 4 is 17.3 Å². The number of nitrogen functional groups attached to an aromatic ring is 1. The summed E-state index contributed by atoms with van der Waals surface area (Å²) in [6.45, 7) is 5.74. The molecule has 1 aromatic carbocycles. The van der Waals surface area contributed by atoms with Crippen LogP contribution < -0.4 is 11.1 Å². The van der Waals surface area contributed by atoms with Crippen LogP contribution in [-0.2, 0) is 6.42 Å². The molecule has 5 heteroatoms. The summed E-state index contributed by atoms with van der Waals surface area (Å²) < 4.78 is 0. The van der Waals surface area contributed by atoms with Gasteiger partial charge in [0.05, 0.1) is 11.3 Å². The standard InChI is InChI=1S/C15H17N5/c1-4-13-19-14(17)10(3)15(20-13)18-12-7-5-6-9(2)11(12)8-16/h5-7H,4H2,1-3H3,(H3,17,18,19,20). The van der Waals surface area contributed by atoms with Gasteiger partial charge in [-0.3, -0.25) is 0 Å². The van der Waals surface area contributed by atoms with Crippen LogP contribution in [0.1, 0.15) is 29.4 Å². The fraction of sp³-hybridized carbons (Fsp3) is 0.267. The van der Waals surface area contributed by atoms with Crippen LogP contribution in [-0.4, -0.2) is 9.97 Å². The number of nitrogens with two attached hydrogens (primary N) is 1. The Morgan fingerprint density at radius 1 is 1.30 bits per heavy atom. The molecule has 0 bridgehead atoms. The largest absolute Gasteiger partial charge is 0.383 e. The highest BCUT2D eigenvalue weighted by Gasteiger charge is 2.11. The molecule has 0 aliphatic carbocycles. The first-order chi connectivity index (χ1) is 9.56. The van der Waals surface area contributed by atoms with Gasteiger partial charge in [-0.2, -0.15) is 5.26 Å². The number of aromatic nitrogens is 2. The van der Waals surface area contributed by atoms with E-state index in [4.69, 9.17) is 5.73 Å². The van der Waals surface area contributed by atoms with Crippen LogP contribution >= 0.6 is 0 Å². The molecule has 102 valence electrons. The van der Waals surface area contributed by atoms with Gasteiger partial charge >= 0.3 is 0 Å². The lowest BCUT2D eigenvalue weighted by atomic mass is 10.1. The zero-order chi connectivity index (χ0) is 14.7. The molecule has 3 N–H and O–H groups in total. The van der Waals surface area contributed by atoms with E-state index in [1.54, 1.807) is 0 Å². The molecule has 2 rings (SSSR count). The van der Waals surface area contributed by atoms with Gasteiger partial charge in [0.15, 0.2) is 0 Å². The summed E-state index contributed by atoms with van der Waals surface area (Å²) in [6, 6.07) is 7.87. The molecule has 0 saturated heterocycles. The molecule has 0 atom stereocenters. The number of aryl methyl sites for hydroxylation is 2. The van der Waals surface area contributed by atoms with Gasteiger partial charge in [-0.05, 0) is 25.5 Å². The summed E-state index contributed by atoms with van der Waals surface area (Å²) in [5.41, 5.74) is 8.95. The van der Waals surface area contributed by atoms with Crippen molar-refractivity contribution in [3.63, 3.8) is 0 Å². The molecule has 1 aromatic heterocycles. The van der Waals surface area contributed by atoms with Crippen molar-refractivity contribution in [2.75, 3.05) is 11.1 Å². The quantitative estimate of drug-likeness (QED) is 0.892. The van der Waals surface area contributed by atoms with Gasteiger partial charge < -0.3 is 11.1 Å². The highest BCUT2D eigenvalue weighted by atomic mass is 15.1. The number of rotatable bonds is 3. The van der Waals surface area contributed by atoms with E-state index in [2.05, 4.69) is 21.4 Å². The van der Waals surface area contributed by atoms with Crippen LogP contribution in [0.3, 0.4) is 0 Å². The predicted molar refractivity (Wildman–Crippen MR) is 79.7 cm³/mol. The maximum Gasteiger partial charge on any atom is 0.139 e. The Bertz CT molecular complexity index is 685. The fourth-order valence-electron chi connectivity index (χ4n) is 1.91. The number of benzene rings is 1. The number of nitrogens with one attached hydrogen (secondary N) is 1. The third-order valence-corrected chi connectivity index (χ3v) is 3.18. The first-order valence-electron chi connectivity index (χ1n) is 6.46. The molecule has 0 radical (unpaired) electrons. The molecule has 0 spiro atoms. The van der Waals surface area contributed by atoms with E-state index in [1.807, 2.05) is 39.0 Å². The average Bonchev–Trinajstić information content (AvgIpc) is 2.43. The molecule has 0 aliphatic rings. The third kappa shape index (κ3) is 2.54. The Kier molecular flexibility index (Phi) is 3.85. The minimum absolute atomic E-state index is 0.463. The maximum absolute atomic E-state index is 9.25. The molecule has 2 aromatic rings. The van der Waals surface area contributed by atoms with Gasteiger partial charge in [-0.15, -0.1) is 0 Å². The lowest BCUT2D eigenvalue weighted by Gasteiger charge is -2.13. The molecular weight excluding hydrogens is 250 g/mol. The minimum atomic E-state index is 0.463. The van der Waals surface area contributed by atoms with Crippen LogP contribution in [0.15, 0.2) is 18.2 Å². The molecule has 5 nitrogen and oxygen atoms in total. The summed E-state index contributed by atoms with van der Waals surface area (Å²) in [7, 11) is 0. The van der Waals surface area contributed by atoms with Crippen LogP contribution in [0.4, 0.5) is 17.3 Å². The van der Waals surface area contributed by atoms with E-state index >= 15 is 0 Å². The molecule has 0 aliphatic heterocycles. The Morgan fingerprint density at radius 2 is 2.05 bits per heavy atom. The smallest absolute Gasteiger partial charge is 0.139 e. The second kappa shape index (κ2) is 5.57. The fourth-order valence-corrected chi connectivity index (χ4v) is 1.91. The lowest BCUT2D eigenvalue weighted by molar-refractivity contribution is 0.940. The number of nitriles is 1. The van der Waals surface area contributed by atoms with E-state index in [-0.39, 0.29) is 0 Å². The highest BCUT2D eigenvalue weighted by molar-refractivity contribution is 5.69. The van der Waals surface area contributed by atoms with E-state index in [1.165, 1.54) is 0 Å². The number of nitrogens with zero attached hydrogens (tertiary/aromatic N) is 3. The first kappa shape index (κ1) is 13.8. The zero-order valence-corrected chi connectivity index (χ0v) is 11.9. The Morgan fingerprint density at radius 3 is 2.70 bits per heavy atom. The van der Waals surface area contributed by atoms with E-state index in [9.17, 15) is 5.26 Å². The van der Waals surface area contributed by atoms with Gasteiger partial charge in [0.2, 0.25) is 0 Å². The highest BCUT2D eigenvalue weighted by Crippen LogP contribution is 2.25. The third-order valence-electron chi connectivity index (χ3n) is 3.18. The van der Waals surface area contributed by atoms with Gasteiger partial charge in [0.25, 0.3) is 0 Å². The van der Waals surface area contributed by atoms with E-state index < -0.39 is 0 Å². The Labute approximate surface area is 118 Å². The van der Waals surface area contributed by atoms with Crippen molar-refractivity contribution in [1.29, 1.82) is 5.26 Å². The summed E-state index contributed by atoms with van der Waals surface area (Å²) in [5.74, 6) is 1.80. The minimum Gasteiger partial charge on any atom is -0.383 e. The van der Waals surface area contributed by atoms with E-state index in [0.29, 0.717) is 29.4 Å². The molecule has 0 saturated carbocycles. The van der Waals surface area contributed by atoms with Crippen LogP contribution in [0.5, 0.6) is 0 Å². The molecule has 0 unspecified atom stereocenters. The van der Waals surface area contributed by atoms with Gasteiger partial charge in [-0.1, -0.05) is 19.1 Å². The number of hydrogen-bond donors (Lipinski definition) is 2. The van der Waals surface area contributed by atoms with Crippen LogP contribution in [0, 0.1) is 25.2 Å². The van der Waals surface area contributed by atoms with Crippen molar-refractivity contribution in [1.82, 2.24) is 9.97 Å². The van der Waals surface area contributed by atoms with Gasteiger partial charge in [0, 0.05) is 12.0 Å². The van der Waals surface area contributed by atoms with Gasteiger partial charge in [0.1, 0.15) is 23.5 Å². The van der Waals surface area contributed by atoms with E-state index in [0.717, 1.165) is 16.8 Å². The maximum atomic E-state index is 9.25. The first-order valence-corrected chi connectivity index (χ1v) is 6.46. The number of anilines is 3. The Hall–Kier alpha value is -2.61. The summed E-state index contributed by atoms with van der Waals surface area (Å²) in [4.78, 5) is 8.66. The summed E-state index contributed by atoms with van der Waals surface area (Å²) in [5, 5.41) is 12.4. The molecule has 0 amide bonds. The number of hydrogen-bond acceptors (Lipinski definition) is 5. The second-order valence-electron chi connectivity index (χ2n) is 4.59. The lowest BCUT2D eigenvalue weighted by Crippen LogP contribution is -2.07. The molecule has 0 fully saturated rings. The summed E-state index contributed by atoms with van der Waals surface area (Å²) in [6.07, 6.45) is 0.706. The SMILES string of the molecule is CCc1nc(N)c(C)c(Nc2cccc(C)c2C#N)n1. The topological polar surface area (TPSA) is 87.6 Å². The summed E-state index contributed by atoms with van der Waals surface area (Å²) >= 11 is 0.